The average Bonchev–Trinajstić information content (AvgIpc) is 3.53. The third-order valence-corrected chi connectivity index (χ3v) is 7.07. The number of hydrogen-bond donors (Lipinski definition) is 2. The summed E-state index contributed by atoms with van der Waals surface area (Å²) >= 11 is 0. The number of nitrogens with two attached hydrogens (primary N) is 1. The second kappa shape index (κ2) is 12.9. The van der Waals surface area contributed by atoms with Crippen LogP contribution in [0.4, 0.5) is 4.79 Å². The molecule has 1 saturated heterocycles. The van der Waals surface area contributed by atoms with Crippen molar-refractivity contribution >= 4 is 24.2 Å². The zero-order chi connectivity index (χ0) is 25.3. The Morgan fingerprint density at radius 1 is 1.17 bits per heavy atom. The summed E-state index contributed by atoms with van der Waals surface area (Å²) in [5.41, 5.74) is 6.36. The maximum atomic E-state index is 12.8. The number of aromatic amines is 1. The van der Waals surface area contributed by atoms with E-state index in [2.05, 4.69) is 15.0 Å². The third kappa shape index (κ3) is 7.40. The van der Waals surface area contributed by atoms with Gasteiger partial charge in [0.05, 0.1) is 36.3 Å². The van der Waals surface area contributed by atoms with E-state index in [1.807, 2.05) is 26.8 Å². The molecule has 1 aliphatic heterocycles. The molecule has 1 aliphatic carbocycles. The number of carbonyl (C=O) groups is 2. The van der Waals surface area contributed by atoms with Gasteiger partial charge >= 0.3 is 12.1 Å². The molecule has 35 heavy (non-hydrogen) atoms. The van der Waals surface area contributed by atoms with E-state index in [0.29, 0.717) is 18.2 Å². The minimum absolute atomic E-state index is 0.134. The minimum atomic E-state index is -0.703. The number of carbonyl (C=O) groups excluding carboxylic acids is 2. The Labute approximate surface area is 207 Å². The number of aromatic nitrogens is 1. The van der Waals surface area contributed by atoms with E-state index in [9.17, 15) is 9.59 Å². The predicted octanol–water partition coefficient (Wildman–Crippen LogP) is 5.05. The molecule has 2 fully saturated rings. The minimum Gasteiger partial charge on any atom is -0.463 e. The summed E-state index contributed by atoms with van der Waals surface area (Å²) in [6.45, 7) is 6.60. The molecule has 2 atom stereocenters. The maximum Gasteiger partial charge on any atom is 0.435 e. The molecule has 1 aromatic heterocycles. The number of amidine groups is 1. The van der Waals surface area contributed by atoms with Crippen molar-refractivity contribution < 1.29 is 23.8 Å². The second-order valence-electron chi connectivity index (χ2n) is 9.99. The van der Waals surface area contributed by atoms with Crippen LogP contribution in [0.3, 0.4) is 0 Å². The first-order valence-corrected chi connectivity index (χ1v) is 12.9. The van der Waals surface area contributed by atoms with Crippen LogP contribution in [0.25, 0.3) is 0 Å². The van der Waals surface area contributed by atoms with Gasteiger partial charge in [-0.05, 0) is 64.0 Å². The van der Waals surface area contributed by atoms with Crippen molar-refractivity contribution in [3.63, 3.8) is 0 Å². The SMILES string of the molecule is CCCCOC(=O)/N=C(\N=CN)c1ccc(C2CCC(COC(=O)C(C)(C)C3CCCCC3)O2)[nH]1. The molecule has 0 aromatic carbocycles. The highest BCUT2D eigenvalue weighted by Crippen LogP contribution is 2.39. The van der Waals surface area contributed by atoms with Gasteiger partial charge in [-0.1, -0.05) is 32.6 Å². The Kier molecular flexibility index (Phi) is 9.89. The molecule has 1 saturated carbocycles. The van der Waals surface area contributed by atoms with E-state index in [4.69, 9.17) is 19.9 Å². The molecule has 3 rings (SSSR count). The van der Waals surface area contributed by atoms with Gasteiger partial charge in [-0.2, -0.15) is 4.99 Å². The monoisotopic (exact) mass is 488 g/mol. The zero-order valence-corrected chi connectivity index (χ0v) is 21.3. The summed E-state index contributed by atoms with van der Waals surface area (Å²) in [5, 5.41) is 0. The maximum absolute atomic E-state index is 12.8. The van der Waals surface area contributed by atoms with Gasteiger partial charge in [0, 0.05) is 5.69 Å². The van der Waals surface area contributed by atoms with Crippen molar-refractivity contribution in [1.82, 2.24) is 4.98 Å². The first kappa shape index (κ1) is 26.9. The average molecular weight is 489 g/mol. The number of amides is 1. The molecular formula is C26H40N4O5. The Morgan fingerprint density at radius 2 is 1.94 bits per heavy atom. The summed E-state index contributed by atoms with van der Waals surface area (Å²) in [6.07, 6.45) is 9.17. The van der Waals surface area contributed by atoms with Gasteiger partial charge in [0.1, 0.15) is 6.61 Å². The van der Waals surface area contributed by atoms with Crippen LogP contribution in [0.1, 0.15) is 96.1 Å². The van der Waals surface area contributed by atoms with Crippen LogP contribution in [-0.4, -0.2) is 48.5 Å². The Morgan fingerprint density at radius 3 is 2.66 bits per heavy atom. The van der Waals surface area contributed by atoms with Gasteiger partial charge in [0.25, 0.3) is 0 Å². The standard InChI is InChI=1S/C26H40N4O5/c1-4-5-15-33-25(32)30-23(28-17-27)21-13-12-20(29-21)22-14-11-19(35-22)16-34-24(31)26(2,3)18-9-7-6-8-10-18/h12-13,17-19,22,29H,4-11,14-16H2,1-3H3,(H2,27,28,30,32). The molecule has 2 aliphatic rings. The molecule has 194 valence electrons. The molecule has 9 heteroatoms. The number of esters is 1. The number of unbranched alkanes of at least 4 members (excludes halogenated alkanes) is 1. The Balaban J connectivity index is 1.54. The van der Waals surface area contributed by atoms with E-state index >= 15 is 0 Å². The number of nitrogens with zero attached hydrogens (tertiary/aromatic N) is 2. The van der Waals surface area contributed by atoms with Crippen LogP contribution < -0.4 is 5.73 Å². The molecular weight excluding hydrogens is 448 g/mol. The van der Waals surface area contributed by atoms with Crippen molar-refractivity contribution in [2.45, 2.75) is 90.8 Å². The van der Waals surface area contributed by atoms with Crippen LogP contribution >= 0.6 is 0 Å². The lowest BCUT2D eigenvalue weighted by atomic mass is 9.71. The Hall–Kier alpha value is -2.68. The number of hydrogen-bond acceptors (Lipinski definition) is 5. The number of aliphatic imine (C=N–C) groups is 2. The fourth-order valence-corrected chi connectivity index (χ4v) is 4.78. The normalized spacial score (nSPS) is 22.0. The smallest absolute Gasteiger partial charge is 0.435 e. The molecule has 2 unspecified atom stereocenters. The molecule has 1 aromatic rings. The van der Waals surface area contributed by atoms with Crippen LogP contribution in [0, 0.1) is 11.3 Å². The van der Waals surface area contributed by atoms with Gasteiger partial charge in [-0.25, -0.2) is 9.79 Å². The van der Waals surface area contributed by atoms with E-state index in [1.54, 1.807) is 6.07 Å². The van der Waals surface area contributed by atoms with E-state index in [-0.39, 0.29) is 30.6 Å². The summed E-state index contributed by atoms with van der Waals surface area (Å²) in [7, 11) is 0. The summed E-state index contributed by atoms with van der Waals surface area (Å²) in [5.74, 6) is 0.396. The first-order chi connectivity index (χ1) is 16.8. The largest absolute Gasteiger partial charge is 0.463 e. The van der Waals surface area contributed by atoms with E-state index in [0.717, 1.165) is 50.6 Å². The first-order valence-electron chi connectivity index (χ1n) is 12.9. The van der Waals surface area contributed by atoms with Crippen molar-refractivity contribution in [3.8, 4) is 0 Å². The van der Waals surface area contributed by atoms with Crippen LogP contribution in [0.2, 0.25) is 0 Å². The fourth-order valence-electron chi connectivity index (χ4n) is 4.78. The highest BCUT2D eigenvalue weighted by atomic mass is 16.6. The van der Waals surface area contributed by atoms with Gasteiger partial charge in [0.2, 0.25) is 0 Å². The van der Waals surface area contributed by atoms with E-state index in [1.165, 1.54) is 19.3 Å². The molecule has 3 N–H and O–H groups in total. The number of nitrogens with one attached hydrogen (secondary N) is 1. The molecule has 1 amide bonds. The topological polar surface area (TPSA) is 128 Å². The van der Waals surface area contributed by atoms with Crippen molar-refractivity contribution in [2.75, 3.05) is 13.2 Å². The molecule has 0 spiro atoms. The summed E-state index contributed by atoms with van der Waals surface area (Å²) < 4.78 is 17.0. The molecule has 0 radical (unpaired) electrons. The lowest BCUT2D eigenvalue weighted by molar-refractivity contribution is -0.162. The number of rotatable bonds is 9. The number of ether oxygens (including phenoxy) is 3. The summed E-state index contributed by atoms with van der Waals surface area (Å²) in [6, 6.07) is 3.66. The number of H-pyrrole nitrogens is 1. The van der Waals surface area contributed by atoms with Crippen LogP contribution in [0.5, 0.6) is 0 Å². The fraction of sp³-hybridized carbons (Fsp3) is 0.692. The predicted molar refractivity (Wildman–Crippen MR) is 134 cm³/mol. The van der Waals surface area contributed by atoms with Gasteiger partial charge in [0.15, 0.2) is 5.84 Å². The van der Waals surface area contributed by atoms with E-state index < -0.39 is 11.5 Å². The van der Waals surface area contributed by atoms with Crippen LogP contribution in [0.15, 0.2) is 22.1 Å². The van der Waals surface area contributed by atoms with Crippen LogP contribution in [-0.2, 0) is 19.0 Å². The Bertz CT molecular complexity index is 901. The second-order valence-corrected chi connectivity index (χ2v) is 9.99. The molecule has 9 nitrogen and oxygen atoms in total. The zero-order valence-electron chi connectivity index (χ0n) is 21.3. The van der Waals surface area contributed by atoms with Crippen molar-refractivity contribution in [2.24, 2.45) is 27.1 Å². The highest BCUT2D eigenvalue weighted by molar-refractivity contribution is 6.05. The van der Waals surface area contributed by atoms with Gasteiger partial charge in [-0.15, -0.1) is 0 Å². The summed E-state index contributed by atoms with van der Waals surface area (Å²) in [4.78, 5) is 35.9. The quantitative estimate of drug-likeness (QED) is 0.216. The lowest BCUT2D eigenvalue weighted by Gasteiger charge is -2.35. The van der Waals surface area contributed by atoms with Crippen molar-refractivity contribution in [3.05, 3.63) is 23.5 Å². The molecule has 2 heterocycles. The molecule has 0 bridgehead atoms. The van der Waals surface area contributed by atoms with Gasteiger partial charge in [-0.3, -0.25) is 4.79 Å². The van der Waals surface area contributed by atoms with Gasteiger partial charge < -0.3 is 24.9 Å². The van der Waals surface area contributed by atoms with Crippen molar-refractivity contribution in [1.29, 1.82) is 0 Å². The lowest BCUT2D eigenvalue weighted by Crippen LogP contribution is -2.37. The highest BCUT2D eigenvalue weighted by Gasteiger charge is 2.39. The third-order valence-electron chi connectivity index (χ3n) is 7.07.